The number of carbonyl (C=O) groups excluding carboxylic acids is 1. The highest BCUT2D eigenvalue weighted by molar-refractivity contribution is 5.99. The molecule has 1 aliphatic carbocycles. The summed E-state index contributed by atoms with van der Waals surface area (Å²) in [4.78, 5) is 21.7. The van der Waals surface area contributed by atoms with Crippen molar-refractivity contribution in [3.8, 4) is 0 Å². The number of rotatable bonds is 4. The van der Waals surface area contributed by atoms with E-state index in [1.807, 2.05) is 36.4 Å². The number of aromatic nitrogens is 2. The van der Waals surface area contributed by atoms with E-state index in [1.165, 1.54) is 11.1 Å². The molecule has 0 radical (unpaired) electrons. The lowest BCUT2D eigenvalue weighted by Crippen LogP contribution is -2.24. The monoisotopic (exact) mass is 343 g/mol. The third-order valence-corrected chi connectivity index (χ3v) is 4.99. The Kier molecular flexibility index (Phi) is 4.48. The molecule has 26 heavy (non-hydrogen) atoms. The number of aryl methyl sites for hydroxylation is 2. The van der Waals surface area contributed by atoms with Crippen molar-refractivity contribution in [1.29, 1.82) is 0 Å². The van der Waals surface area contributed by atoms with Gasteiger partial charge in [0, 0.05) is 6.42 Å². The number of benzene rings is 2. The predicted molar refractivity (Wildman–Crippen MR) is 102 cm³/mol. The number of hydrogen-bond donors (Lipinski definition) is 1. The highest BCUT2D eigenvalue weighted by atomic mass is 16.1. The first kappa shape index (κ1) is 16.5. The standard InChI is InChI=1S/C22H21N3O/c23-22-24-18(12-11-15-7-3-1-4-8-15)21-19(25-22)13-17(14-20(21)26)16-9-5-2-6-10-16/h1-10,17H,11-14H2,(H2,23,24,25). The first-order valence-corrected chi connectivity index (χ1v) is 8.98. The lowest BCUT2D eigenvalue weighted by Gasteiger charge is -2.25. The number of anilines is 1. The van der Waals surface area contributed by atoms with Gasteiger partial charge in [-0.05, 0) is 36.3 Å². The van der Waals surface area contributed by atoms with Crippen LogP contribution in [0.3, 0.4) is 0 Å². The first-order valence-electron chi connectivity index (χ1n) is 8.98. The lowest BCUT2D eigenvalue weighted by molar-refractivity contribution is 0.0961. The van der Waals surface area contributed by atoms with E-state index in [-0.39, 0.29) is 17.6 Å². The molecule has 2 N–H and O–H groups in total. The van der Waals surface area contributed by atoms with Crippen LogP contribution >= 0.6 is 0 Å². The molecule has 1 aromatic heterocycles. The van der Waals surface area contributed by atoms with Crippen molar-refractivity contribution in [2.24, 2.45) is 0 Å². The minimum Gasteiger partial charge on any atom is -0.368 e. The fourth-order valence-electron chi connectivity index (χ4n) is 3.73. The quantitative estimate of drug-likeness (QED) is 0.783. The number of nitrogens with two attached hydrogens (primary N) is 1. The van der Waals surface area contributed by atoms with Gasteiger partial charge in [-0.25, -0.2) is 9.97 Å². The topological polar surface area (TPSA) is 68.9 Å². The van der Waals surface area contributed by atoms with Crippen LogP contribution in [0.15, 0.2) is 60.7 Å². The van der Waals surface area contributed by atoms with E-state index in [2.05, 4.69) is 34.2 Å². The zero-order chi connectivity index (χ0) is 17.9. The second-order valence-corrected chi connectivity index (χ2v) is 6.77. The molecule has 0 fully saturated rings. The molecule has 0 amide bonds. The summed E-state index contributed by atoms with van der Waals surface area (Å²) in [5.41, 5.74) is 10.6. The Morgan fingerprint density at radius 1 is 0.885 bits per heavy atom. The van der Waals surface area contributed by atoms with Crippen molar-refractivity contribution >= 4 is 11.7 Å². The number of Topliss-reactive ketones (excluding diaryl/α,β-unsaturated/α-hetero) is 1. The van der Waals surface area contributed by atoms with E-state index in [0.717, 1.165) is 24.2 Å². The summed E-state index contributed by atoms with van der Waals surface area (Å²) in [5.74, 6) is 0.545. The molecule has 4 nitrogen and oxygen atoms in total. The van der Waals surface area contributed by atoms with Crippen LogP contribution in [-0.2, 0) is 19.3 Å². The average molecular weight is 343 g/mol. The van der Waals surface area contributed by atoms with Crippen molar-refractivity contribution in [1.82, 2.24) is 9.97 Å². The molecular formula is C22H21N3O. The zero-order valence-corrected chi connectivity index (χ0v) is 14.6. The van der Waals surface area contributed by atoms with E-state index in [1.54, 1.807) is 0 Å². The molecule has 0 spiro atoms. The van der Waals surface area contributed by atoms with Gasteiger partial charge < -0.3 is 5.73 Å². The van der Waals surface area contributed by atoms with Gasteiger partial charge in [0.2, 0.25) is 5.95 Å². The normalized spacial score (nSPS) is 16.3. The molecule has 0 saturated carbocycles. The van der Waals surface area contributed by atoms with Gasteiger partial charge in [0.05, 0.1) is 17.0 Å². The first-order chi connectivity index (χ1) is 12.7. The van der Waals surface area contributed by atoms with Gasteiger partial charge >= 0.3 is 0 Å². The Morgan fingerprint density at radius 3 is 2.31 bits per heavy atom. The van der Waals surface area contributed by atoms with Crippen LogP contribution in [0.5, 0.6) is 0 Å². The number of carbonyl (C=O) groups is 1. The summed E-state index contributed by atoms with van der Waals surface area (Å²) in [6, 6.07) is 20.4. The maximum absolute atomic E-state index is 12.9. The lowest BCUT2D eigenvalue weighted by atomic mass is 9.80. The highest BCUT2D eigenvalue weighted by Crippen LogP contribution is 2.33. The van der Waals surface area contributed by atoms with Crippen LogP contribution in [-0.4, -0.2) is 15.8 Å². The molecule has 0 aliphatic heterocycles. The van der Waals surface area contributed by atoms with E-state index in [4.69, 9.17) is 5.73 Å². The van der Waals surface area contributed by atoms with E-state index in [0.29, 0.717) is 18.4 Å². The summed E-state index contributed by atoms with van der Waals surface area (Å²) in [6.45, 7) is 0. The molecule has 1 unspecified atom stereocenters. The Hall–Kier alpha value is -3.01. The van der Waals surface area contributed by atoms with E-state index < -0.39 is 0 Å². The smallest absolute Gasteiger partial charge is 0.220 e. The molecule has 2 aromatic carbocycles. The molecule has 3 aromatic rings. The third kappa shape index (κ3) is 3.36. The van der Waals surface area contributed by atoms with E-state index >= 15 is 0 Å². The fourth-order valence-corrected chi connectivity index (χ4v) is 3.73. The summed E-state index contributed by atoms with van der Waals surface area (Å²) >= 11 is 0. The Labute approximate surface area is 153 Å². The average Bonchev–Trinajstić information content (AvgIpc) is 2.67. The molecule has 0 saturated heterocycles. The second-order valence-electron chi connectivity index (χ2n) is 6.77. The SMILES string of the molecule is Nc1nc(CCc2ccccc2)c2c(n1)CC(c1ccccc1)CC2=O. The highest BCUT2D eigenvalue weighted by Gasteiger charge is 2.30. The van der Waals surface area contributed by atoms with Gasteiger partial charge in [-0.3, -0.25) is 4.79 Å². The van der Waals surface area contributed by atoms with Crippen molar-refractivity contribution in [3.63, 3.8) is 0 Å². The third-order valence-electron chi connectivity index (χ3n) is 4.99. The van der Waals surface area contributed by atoms with Gasteiger partial charge in [-0.1, -0.05) is 60.7 Å². The van der Waals surface area contributed by atoms with Gasteiger partial charge in [-0.2, -0.15) is 0 Å². The zero-order valence-electron chi connectivity index (χ0n) is 14.6. The van der Waals surface area contributed by atoms with Gasteiger partial charge in [0.25, 0.3) is 0 Å². The Balaban J connectivity index is 1.63. The Morgan fingerprint density at radius 2 is 1.58 bits per heavy atom. The second kappa shape index (κ2) is 7.08. The number of ketones is 1. The van der Waals surface area contributed by atoms with Gasteiger partial charge in [0.1, 0.15) is 0 Å². The fraction of sp³-hybridized carbons (Fsp3) is 0.227. The van der Waals surface area contributed by atoms with Crippen LogP contribution in [0.1, 0.15) is 45.2 Å². The number of fused-ring (bicyclic) bond motifs is 1. The maximum atomic E-state index is 12.9. The van der Waals surface area contributed by atoms with E-state index in [9.17, 15) is 4.79 Å². The van der Waals surface area contributed by atoms with Crippen molar-refractivity contribution in [3.05, 3.63) is 88.7 Å². The maximum Gasteiger partial charge on any atom is 0.220 e. The van der Waals surface area contributed by atoms with Crippen molar-refractivity contribution in [2.45, 2.75) is 31.6 Å². The largest absolute Gasteiger partial charge is 0.368 e. The van der Waals surface area contributed by atoms with Crippen molar-refractivity contribution < 1.29 is 4.79 Å². The molecule has 4 rings (SSSR count). The van der Waals surface area contributed by atoms with Crippen LogP contribution in [0.2, 0.25) is 0 Å². The molecule has 1 aliphatic rings. The van der Waals surface area contributed by atoms with Gasteiger partial charge in [-0.15, -0.1) is 0 Å². The van der Waals surface area contributed by atoms with Gasteiger partial charge in [0.15, 0.2) is 5.78 Å². The molecule has 0 bridgehead atoms. The summed E-state index contributed by atoms with van der Waals surface area (Å²) in [5, 5.41) is 0. The number of nitrogens with zero attached hydrogens (tertiary/aromatic N) is 2. The summed E-state index contributed by atoms with van der Waals surface area (Å²) in [7, 11) is 0. The van der Waals surface area contributed by atoms with Crippen LogP contribution in [0, 0.1) is 0 Å². The number of nitrogen functional groups attached to an aromatic ring is 1. The summed E-state index contributed by atoms with van der Waals surface area (Å²) in [6.07, 6.45) is 2.76. The minimum absolute atomic E-state index is 0.128. The van der Waals surface area contributed by atoms with Crippen molar-refractivity contribution in [2.75, 3.05) is 5.73 Å². The molecular weight excluding hydrogens is 322 g/mol. The number of hydrogen-bond acceptors (Lipinski definition) is 4. The molecule has 1 atom stereocenters. The molecule has 4 heteroatoms. The van der Waals surface area contributed by atoms with Crippen LogP contribution < -0.4 is 5.73 Å². The summed E-state index contributed by atoms with van der Waals surface area (Å²) < 4.78 is 0. The predicted octanol–water partition coefficient (Wildman–Crippen LogP) is 3.76. The van der Waals surface area contributed by atoms with Crippen LogP contribution in [0.25, 0.3) is 0 Å². The Bertz CT molecular complexity index is 906. The van der Waals surface area contributed by atoms with Crippen LogP contribution in [0.4, 0.5) is 5.95 Å². The molecule has 1 heterocycles. The minimum atomic E-state index is 0.128. The molecule has 130 valence electrons.